The largest absolute Gasteiger partial charge is 0.456 e. The summed E-state index contributed by atoms with van der Waals surface area (Å²) in [6, 6.07) is 117. The molecule has 494 valence electrons. The van der Waals surface area contributed by atoms with Crippen LogP contribution in [0.3, 0.4) is 0 Å². The van der Waals surface area contributed by atoms with Gasteiger partial charge in [0.05, 0.1) is 0 Å². The third-order valence-corrected chi connectivity index (χ3v) is 20.5. The van der Waals surface area contributed by atoms with Crippen LogP contribution in [0.2, 0.25) is 0 Å². The van der Waals surface area contributed by atoms with E-state index in [4.69, 9.17) is 47.6 Å². The van der Waals surface area contributed by atoms with Gasteiger partial charge in [-0.2, -0.15) is 0 Å². The zero-order valence-electron chi connectivity index (χ0n) is 56.6. The fraction of sp³-hybridized carbons (Fsp3) is 0. The predicted octanol–water partition coefficient (Wildman–Crippen LogP) is 25.7. The first-order valence-electron chi connectivity index (χ1n) is 35.3. The number of hydrogen-bond donors (Lipinski definition) is 0. The SMILES string of the molecule is c1ccc(-c2nc(-c3ccc(-c4cccc5oc6ccccc6c45)cc3)nc(-c3ccc(-c4cc(-c5ccc(-c6nc(-c7ccc(-c8ccc(-c9ccc%10oc%11ccccc%11c%10c9)cc8)cc7)nc(-c7cccc(-c8ccc9oc%10ccccc%10c9c8)c7)n6)cc5)cc5oc6ccccc6c45)cc3)n2)cc1. The number of para-hydroxylation sites is 4. The lowest BCUT2D eigenvalue weighted by atomic mass is 9.93. The van der Waals surface area contributed by atoms with E-state index in [1.165, 1.54) is 0 Å². The Morgan fingerprint density at radius 3 is 0.934 bits per heavy atom. The first-order chi connectivity index (χ1) is 52.4. The second kappa shape index (κ2) is 24.7. The number of furan rings is 4. The first kappa shape index (κ1) is 60.3. The third-order valence-electron chi connectivity index (χ3n) is 20.5. The van der Waals surface area contributed by atoms with Gasteiger partial charge in [-0.25, -0.2) is 29.9 Å². The Labute approximate surface area is 606 Å². The van der Waals surface area contributed by atoms with Gasteiger partial charge in [0.2, 0.25) is 0 Å². The molecule has 10 nitrogen and oxygen atoms in total. The number of hydrogen-bond acceptors (Lipinski definition) is 10. The van der Waals surface area contributed by atoms with Crippen LogP contribution < -0.4 is 0 Å². The van der Waals surface area contributed by atoms with Crippen LogP contribution in [0.15, 0.2) is 357 Å². The van der Waals surface area contributed by atoms with Crippen molar-refractivity contribution in [3.05, 3.63) is 340 Å². The van der Waals surface area contributed by atoms with E-state index < -0.39 is 0 Å². The maximum atomic E-state index is 6.73. The van der Waals surface area contributed by atoms with Crippen LogP contribution in [0.25, 0.3) is 223 Å². The van der Waals surface area contributed by atoms with Gasteiger partial charge in [0.1, 0.15) is 44.7 Å². The molecule has 0 aliphatic carbocycles. The van der Waals surface area contributed by atoms with Crippen LogP contribution in [-0.2, 0) is 0 Å². The zero-order chi connectivity index (χ0) is 69.8. The molecule has 0 bridgehead atoms. The Kier molecular flexibility index (Phi) is 14.0. The summed E-state index contributed by atoms with van der Waals surface area (Å²) in [5, 5.41) is 8.61. The maximum absolute atomic E-state index is 6.73. The van der Waals surface area contributed by atoms with Crippen molar-refractivity contribution >= 4 is 87.8 Å². The van der Waals surface area contributed by atoms with Crippen LogP contribution in [-0.4, -0.2) is 29.9 Å². The van der Waals surface area contributed by atoms with Gasteiger partial charge in [-0.15, -0.1) is 0 Å². The number of benzene rings is 15. The zero-order valence-corrected chi connectivity index (χ0v) is 56.6. The van der Waals surface area contributed by atoms with Gasteiger partial charge in [-0.05, 0) is 140 Å². The summed E-state index contributed by atoms with van der Waals surface area (Å²) in [7, 11) is 0. The lowest BCUT2D eigenvalue weighted by Gasteiger charge is -2.12. The van der Waals surface area contributed by atoms with Crippen molar-refractivity contribution in [2.24, 2.45) is 0 Å². The molecule has 6 aromatic heterocycles. The molecule has 21 aromatic rings. The standard InChI is InChI=1S/C96H56N6O4/c1-2-14-63(15-3-1)91-97-92(66-44-36-61(37-45-66)73-22-13-27-87-89(73)76-20-6-10-25-83(76)105-87)99-93(98-91)67-46-38-62(39-47-67)78-55-72(56-88-90(78)77-21-7-11-26-84(77)106-88)60-34-42-65(43-35-60)95-100-94(101-96(102-95)71-17-12-16-68(52-71)70-49-51-86-80(54-70)75-19-5-9-24-82(75)104-86)64-40-32-58(33-41-64)57-28-30-59(31-29-57)69-48-50-85-79(53-69)74-18-4-8-23-81(74)103-85/h1-56H. The molecule has 6 heterocycles. The summed E-state index contributed by atoms with van der Waals surface area (Å²) in [5.41, 5.74) is 24.7. The van der Waals surface area contributed by atoms with Gasteiger partial charge >= 0.3 is 0 Å². The van der Waals surface area contributed by atoms with Crippen molar-refractivity contribution in [1.29, 1.82) is 0 Å². The van der Waals surface area contributed by atoms with Crippen molar-refractivity contribution in [1.82, 2.24) is 29.9 Å². The Bertz CT molecular complexity index is 7040. The van der Waals surface area contributed by atoms with Crippen molar-refractivity contribution < 1.29 is 17.7 Å². The monoisotopic (exact) mass is 1360 g/mol. The minimum Gasteiger partial charge on any atom is -0.456 e. The smallest absolute Gasteiger partial charge is 0.164 e. The molecule has 0 saturated heterocycles. The van der Waals surface area contributed by atoms with Crippen molar-refractivity contribution in [2.75, 3.05) is 0 Å². The topological polar surface area (TPSA) is 130 Å². The average molecular weight is 1360 g/mol. The van der Waals surface area contributed by atoms with E-state index in [0.717, 1.165) is 188 Å². The molecule has 106 heavy (non-hydrogen) atoms. The van der Waals surface area contributed by atoms with Crippen molar-refractivity contribution in [3.63, 3.8) is 0 Å². The molecule has 0 aliphatic rings. The van der Waals surface area contributed by atoms with Crippen LogP contribution in [0, 0.1) is 0 Å². The summed E-state index contributed by atoms with van der Waals surface area (Å²) in [6.07, 6.45) is 0. The van der Waals surface area contributed by atoms with E-state index >= 15 is 0 Å². The summed E-state index contributed by atoms with van der Waals surface area (Å²) in [4.78, 5) is 31.2. The van der Waals surface area contributed by atoms with E-state index in [-0.39, 0.29) is 0 Å². The molecule has 0 amide bonds. The Morgan fingerprint density at radius 1 is 0.142 bits per heavy atom. The molecule has 0 atom stereocenters. The summed E-state index contributed by atoms with van der Waals surface area (Å²) >= 11 is 0. The Balaban J connectivity index is 0.618. The van der Waals surface area contributed by atoms with Crippen molar-refractivity contribution in [3.8, 4) is 135 Å². The number of rotatable bonds is 12. The number of nitrogens with zero attached hydrogens (tertiary/aromatic N) is 6. The molecular weight excluding hydrogens is 1300 g/mol. The van der Waals surface area contributed by atoms with Gasteiger partial charge in [-0.3, -0.25) is 0 Å². The summed E-state index contributed by atoms with van der Waals surface area (Å²) in [6.45, 7) is 0. The second-order valence-corrected chi connectivity index (χ2v) is 26.8. The van der Waals surface area contributed by atoms with Gasteiger partial charge in [0, 0.05) is 76.5 Å². The highest BCUT2D eigenvalue weighted by Gasteiger charge is 2.21. The molecule has 21 rings (SSSR count). The molecule has 0 fully saturated rings. The predicted molar refractivity (Wildman–Crippen MR) is 428 cm³/mol. The molecule has 0 saturated carbocycles. The molecule has 15 aromatic carbocycles. The highest BCUT2D eigenvalue weighted by molar-refractivity contribution is 6.15. The minimum absolute atomic E-state index is 0.547. The van der Waals surface area contributed by atoms with Crippen LogP contribution in [0.1, 0.15) is 0 Å². The molecule has 0 N–H and O–H groups in total. The second-order valence-electron chi connectivity index (χ2n) is 26.8. The van der Waals surface area contributed by atoms with E-state index in [9.17, 15) is 0 Å². The van der Waals surface area contributed by atoms with Crippen LogP contribution in [0.5, 0.6) is 0 Å². The molecule has 0 spiro atoms. The normalized spacial score (nSPS) is 11.8. The highest BCUT2D eigenvalue weighted by Crippen LogP contribution is 2.44. The highest BCUT2D eigenvalue weighted by atomic mass is 16.3. The molecule has 0 unspecified atom stereocenters. The fourth-order valence-electron chi connectivity index (χ4n) is 15.1. The fourth-order valence-corrected chi connectivity index (χ4v) is 15.1. The van der Waals surface area contributed by atoms with E-state index in [1.54, 1.807) is 0 Å². The third kappa shape index (κ3) is 10.6. The van der Waals surface area contributed by atoms with Crippen LogP contribution in [0.4, 0.5) is 0 Å². The van der Waals surface area contributed by atoms with Gasteiger partial charge in [-0.1, -0.05) is 267 Å². The quantitative estimate of drug-likeness (QED) is 0.117. The van der Waals surface area contributed by atoms with E-state index in [1.807, 2.05) is 97.1 Å². The summed E-state index contributed by atoms with van der Waals surface area (Å²) in [5.74, 6) is 3.39. The molecule has 0 aliphatic heterocycles. The average Bonchev–Trinajstić information content (AvgIpc) is 1.35. The molecular formula is C96H56N6O4. The summed E-state index contributed by atoms with van der Waals surface area (Å²) < 4.78 is 25.3. The van der Waals surface area contributed by atoms with E-state index in [2.05, 4.69) is 243 Å². The Hall–Kier alpha value is -14.5. The lowest BCUT2D eigenvalue weighted by Crippen LogP contribution is -2.00. The van der Waals surface area contributed by atoms with Gasteiger partial charge in [0.15, 0.2) is 34.9 Å². The number of fused-ring (bicyclic) bond motifs is 12. The number of aromatic nitrogens is 6. The van der Waals surface area contributed by atoms with Gasteiger partial charge in [0.25, 0.3) is 0 Å². The first-order valence-corrected chi connectivity index (χ1v) is 35.3. The van der Waals surface area contributed by atoms with Crippen LogP contribution >= 0.6 is 0 Å². The van der Waals surface area contributed by atoms with E-state index in [0.29, 0.717) is 34.9 Å². The molecule has 10 heteroatoms. The maximum Gasteiger partial charge on any atom is 0.164 e. The lowest BCUT2D eigenvalue weighted by molar-refractivity contribution is 0.668. The van der Waals surface area contributed by atoms with Gasteiger partial charge < -0.3 is 17.7 Å². The molecule has 0 radical (unpaired) electrons. The minimum atomic E-state index is 0.547. The Morgan fingerprint density at radius 2 is 0.434 bits per heavy atom. The van der Waals surface area contributed by atoms with Crippen molar-refractivity contribution in [2.45, 2.75) is 0 Å².